The fourth-order valence-corrected chi connectivity index (χ4v) is 6.48. The molecule has 0 radical (unpaired) electrons. The zero-order valence-electron chi connectivity index (χ0n) is 18.9. The van der Waals surface area contributed by atoms with Crippen molar-refractivity contribution in [2.45, 2.75) is 101 Å². The summed E-state index contributed by atoms with van der Waals surface area (Å²) in [5, 5.41) is 13.8. The number of nitrogens with one attached hydrogen (secondary N) is 1. The first-order valence-electron chi connectivity index (χ1n) is 12.9. The summed E-state index contributed by atoms with van der Waals surface area (Å²) in [5.74, 6) is 1.81. The van der Waals surface area contributed by atoms with Gasteiger partial charge in [0.2, 0.25) is 0 Å². The molecule has 1 aliphatic heterocycles. The van der Waals surface area contributed by atoms with Crippen molar-refractivity contribution >= 4 is 0 Å². The first-order valence-corrected chi connectivity index (χ1v) is 12.9. The molecule has 2 atom stereocenters. The third-order valence-corrected chi connectivity index (χ3v) is 8.29. The van der Waals surface area contributed by atoms with Crippen LogP contribution < -0.4 is 5.32 Å². The summed E-state index contributed by atoms with van der Waals surface area (Å²) in [6.07, 6.45) is 14.3. The molecule has 166 valence electrons. The third kappa shape index (κ3) is 4.91. The average molecular weight is 418 g/mol. The molecule has 5 rings (SSSR count). The summed E-state index contributed by atoms with van der Waals surface area (Å²) < 4.78 is 0. The first kappa shape index (κ1) is 21.2. The standard InChI is InChI=1S/C29H39NO/c31-27-19-28(30-20-27)29(25-15-11-23(12-16-25)21-7-3-1-4-8-21)26-17-13-24(14-18-26)22-9-5-2-6-10-22/h11-18,21-22,27-31H,1-10,19-20H2/t27-,28?/m0/s1. The second kappa shape index (κ2) is 9.88. The van der Waals surface area contributed by atoms with Gasteiger partial charge in [0.15, 0.2) is 0 Å². The van der Waals surface area contributed by atoms with Crippen LogP contribution in [0.25, 0.3) is 0 Å². The largest absolute Gasteiger partial charge is 0.392 e. The fourth-order valence-electron chi connectivity index (χ4n) is 6.48. The van der Waals surface area contributed by atoms with Gasteiger partial charge in [0.1, 0.15) is 0 Å². The normalized spacial score (nSPS) is 25.9. The second-order valence-electron chi connectivity index (χ2n) is 10.4. The predicted molar refractivity (Wildman–Crippen MR) is 129 cm³/mol. The first-order chi connectivity index (χ1) is 15.3. The Morgan fingerprint density at radius 3 is 1.48 bits per heavy atom. The van der Waals surface area contributed by atoms with Crippen LogP contribution in [0.2, 0.25) is 0 Å². The van der Waals surface area contributed by atoms with Gasteiger partial charge in [-0.15, -0.1) is 0 Å². The van der Waals surface area contributed by atoms with Crippen molar-refractivity contribution in [3.8, 4) is 0 Å². The summed E-state index contributed by atoms with van der Waals surface area (Å²) in [5.41, 5.74) is 5.82. The Balaban J connectivity index is 1.39. The molecule has 1 unspecified atom stereocenters. The molecule has 1 heterocycles. The molecule has 0 spiro atoms. The number of rotatable bonds is 5. The van der Waals surface area contributed by atoms with Crippen molar-refractivity contribution < 1.29 is 5.11 Å². The van der Waals surface area contributed by atoms with Crippen LogP contribution in [0, 0.1) is 0 Å². The van der Waals surface area contributed by atoms with E-state index in [-0.39, 0.29) is 6.10 Å². The van der Waals surface area contributed by atoms with Gasteiger partial charge >= 0.3 is 0 Å². The molecule has 2 aromatic carbocycles. The molecule has 2 saturated carbocycles. The molecule has 1 saturated heterocycles. The van der Waals surface area contributed by atoms with Crippen LogP contribution in [0.4, 0.5) is 0 Å². The molecule has 31 heavy (non-hydrogen) atoms. The zero-order valence-corrected chi connectivity index (χ0v) is 18.9. The Kier molecular flexibility index (Phi) is 6.76. The van der Waals surface area contributed by atoms with Crippen molar-refractivity contribution in [2.75, 3.05) is 6.54 Å². The van der Waals surface area contributed by atoms with Crippen LogP contribution in [0.5, 0.6) is 0 Å². The minimum atomic E-state index is -0.226. The lowest BCUT2D eigenvalue weighted by Gasteiger charge is -2.27. The topological polar surface area (TPSA) is 32.3 Å². The lowest BCUT2D eigenvalue weighted by Crippen LogP contribution is -2.29. The maximum absolute atomic E-state index is 10.2. The molecule has 2 aliphatic carbocycles. The average Bonchev–Trinajstić information content (AvgIpc) is 3.27. The highest BCUT2D eigenvalue weighted by Crippen LogP contribution is 2.38. The highest BCUT2D eigenvalue weighted by atomic mass is 16.3. The SMILES string of the molecule is O[C@@H]1CNC(C(c2ccc(C3CCCCC3)cc2)c2ccc(C3CCCCC3)cc2)C1. The highest BCUT2D eigenvalue weighted by molar-refractivity contribution is 5.39. The molecule has 2 N–H and O–H groups in total. The number of β-amino-alcohol motifs (C(OH)–C–C–N with tert-alkyl or cyclic N) is 1. The molecule has 3 aliphatic rings. The minimum Gasteiger partial charge on any atom is -0.392 e. The summed E-state index contributed by atoms with van der Waals surface area (Å²) in [6, 6.07) is 19.3. The molecular weight excluding hydrogens is 378 g/mol. The summed E-state index contributed by atoms with van der Waals surface area (Å²) in [4.78, 5) is 0. The monoisotopic (exact) mass is 417 g/mol. The van der Waals surface area contributed by atoms with Crippen molar-refractivity contribution in [1.29, 1.82) is 0 Å². The fraction of sp³-hybridized carbons (Fsp3) is 0.586. The molecule has 2 heteroatoms. The molecule has 3 fully saturated rings. The number of benzene rings is 2. The summed E-state index contributed by atoms with van der Waals surface area (Å²) in [6.45, 7) is 0.710. The number of aliphatic hydroxyl groups excluding tert-OH is 1. The van der Waals surface area contributed by atoms with Crippen molar-refractivity contribution in [2.24, 2.45) is 0 Å². The number of hydrogen-bond acceptors (Lipinski definition) is 2. The predicted octanol–water partition coefficient (Wildman–Crippen LogP) is 6.64. The van der Waals surface area contributed by atoms with Crippen LogP contribution >= 0.6 is 0 Å². The molecule has 0 bridgehead atoms. The molecule has 0 aromatic heterocycles. The van der Waals surface area contributed by atoms with Crippen molar-refractivity contribution in [1.82, 2.24) is 5.32 Å². The minimum absolute atomic E-state index is 0.226. The van der Waals surface area contributed by atoms with E-state index in [1.54, 1.807) is 0 Å². The van der Waals surface area contributed by atoms with Crippen LogP contribution in [0.1, 0.15) is 111 Å². The molecular formula is C29H39NO. The van der Waals surface area contributed by atoms with E-state index < -0.39 is 0 Å². The van der Waals surface area contributed by atoms with Crippen molar-refractivity contribution in [3.63, 3.8) is 0 Å². The lowest BCUT2D eigenvalue weighted by molar-refractivity contribution is 0.192. The van der Waals surface area contributed by atoms with Crippen molar-refractivity contribution in [3.05, 3.63) is 70.8 Å². The Morgan fingerprint density at radius 2 is 1.10 bits per heavy atom. The van der Waals surface area contributed by atoms with Crippen LogP contribution in [-0.2, 0) is 0 Å². The maximum Gasteiger partial charge on any atom is 0.0679 e. The van der Waals surface area contributed by atoms with E-state index in [0.29, 0.717) is 18.5 Å². The smallest absolute Gasteiger partial charge is 0.0679 e. The Hall–Kier alpha value is -1.64. The Morgan fingerprint density at radius 1 is 0.645 bits per heavy atom. The zero-order chi connectivity index (χ0) is 21.0. The van der Waals surface area contributed by atoms with E-state index in [1.807, 2.05) is 0 Å². The van der Waals surface area contributed by atoms with Gasteiger partial charge in [-0.3, -0.25) is 0 Å². The van der Waals surface area contributed by atoms with E-state index >= 15 is 0 Å². The number of aliphatic hydroxyl groups is 1. The van der Waals surface area contributed by atoms with Gasteiger partial charge in [0.25, 0.3) is 0 Å². The van der Waals surface area contributed by atoms with Crippen LogP contribution in [-0.4, -0.2) is 23.8 Å². The van der Waals surface area contributed by atoms with Crippen LogP contribution in [0.3, 0.4) is 0 Å². The summed E-state index contributed by atoms with van der Waals surface area (Å²) in [7, 11) is 0. The van der Waals surface area contributed by atoms with Gasteiger partial charge in [-0.2, -0.15) is 0 Å². The van der Waals surface area contributed by atoms with E-state index in [1.165, 1.54) is 86.5 Å². The van der Waals surface area contributed by atoms with Gasteiger partial charge < -0.3 is 10.4 Å². The molecule has 2 aromatic rings. The Labute approximate surface area is 188 Å². The van der Waals surface area contributed by atoms with Crippen LogP contribution in [0.15, 0.2) is 48.5 Å². The maximum atomic E-state index is 10.2. The van der Waals surface area contributed by atoms with Gasteiger partial charge in [0, 0.05) is 18.5 Å². The van der Waals surface area contributed by atoms with E-state index in [4.69, 9.17) is 0 Å². The molecule has 0 amide bonds. The van der Waals surface area contributed by atoms with Gasteiger partial charge in [-0.1, -0.05) is 87.1 Å². The number of hydrogen-bond donors (Lipinski definition) is 2. The van der Waals surface area contributed by atoms with E-state index in [9.17, 15) is 5.11 Å². The Bertz CT molecular complexity index is 753. The summed E-state index contributed by atoms with van der Waals surface area (Å²) >= 11 is 0. The second-order valence-corrected chi connectivity index (χ2v) is 10.4. The quantitative estimate of drug-likeness (QED) is 0.572. The highest BCUT2D eigenvalue weighted by Gasteiger charge is 2.32. The molecule has 2 nitrogen and oxygen atoms in total. The third-order valence-electron chi connectivity index (χ3n) is 8.29. The lowest BCUT2D eigenvalue weighted by atomic mass is 9.79. The van der Waals surface area contributed by atoms with Gasteiger partial charge in [-0.25, -0.2) is 0 Å². The van der Waals surface area contributed by atoms with E-state index in [0.717, 1.165) is 18.3 Å². The van der Waals surface area contributed by atoms with Gasteiger partial charge in [0.05, 0.1) is 6.10 Å². The van der Waals surface area contributed by atoms with Gasteiger partial charge in [-0.05, 0) is 66.2 Å². The van der Waals surface area contributed by atoms with E-state index in [2.05, 4.69) is 53.8 Å².